The lowest BCUT2D eigenvalue weighted by Crippen LogP contribution is -2.38. The molecule has 0 saturated heterocycles. The van der Waals surface area contributed by atoms with Crippen molar-refractivity contribution >= 4 is 0 Å². The molecule has 1 atom stereocenters. The van der Waals surface area contributed by atoms with Gasteiger partial charge >= 0.3 is 0 Å². The van der Waals surface area contributed by atoms with Crippen molar-refractivity contribution in [1.29, 1.82) is 0 Å². The topological polar surface area (TPSA) is 40.5 Å². The molecule has 0 radical (unpaired) electrons. The molecule has 1 saturated carbocycles. The highest BCUT2D eigenvalue weighted by Gasteiger charge is 2.37. The van der Waals surface area contributed by atoms with E-state index < -0.39 is 11.7 Å². The van der Waals surface area contributed by atoms with Crippen molar-refractivity contribution in [1.82, 2.24) is 0 Å². The van der Waals surface area contributed by atoms with Gasteiger partial charge < -0.3 is 10.2 Å². The molecule has 0 bridgehead atoms. The normalized spacial score (nSPS) is 22.3. The minimum atomic E-state index is -0.903. The van der Waals surface area contributed by atoms with Gasteiger partial charge in [-0.2, -0.15) is 0 Å². The van der Waals surface area contributed by atoms with Gasteiger partial charge in [0.05, 0.1) is 5.60 Å². The van der Waals surface area contributed by atoms with E-state index in [0.717, 1.165) is 18.4 Å². The second-order valence-electron chi connectivity index (χ2n) is 4.48. The summed E-state index contributed by atoms with van der Waals surface area (Å²) in [5.74, 6) is 0. The van der Waals surface area contributed by atoms with Gasteiger partial charge in [-0.3, -0.25) is 0 Å². The minimum Gasteiger partial charge on any atom is -0.387 e. The second kappa shape index (κ2) is 4.33. The molecule has 2 heteroatoms. The van der Waals surface area contributed by atoms with Crippen LogP contribution < -0.4 is 0 Å². The summed E-state index contributed by atoms with van der Waals surface area (Å²) in [6.07, 6.45) is 3.88. The molecular formula is C13H18O2. The fourth-order valence-electron chi connectivity index (χ4n) is 2.38. The molecule has 82 valence electrons. The number of hydrogen-bond donors (Lipinski definition) is 2. The van der Waals surface area contributed by atoms with Crippen LogP contribution in [0.5, 0.6) is 0 Å². The van der Waals surface area contributed by atoms with Crippen LogP contribution in [0.1, 0.15) is 43.8 Å². The lowest BCUT2D eigenvalue weighted by atomic mass is 9.78. The Labute approximate surface area is 90.6 Å². The smallest absolute Gasteiger partial charge is 0.108 e. The predicted octanol–water partition coefficient (Wildman–Crippen LogP) is 2.42. The first-order valence-corrected chi connectivity index (χ1v) is 5.68. The van der Waals surface area contributed by atoms with Gasteiger partial charge in [-0.25, -0.2) is 0 Å². The van der Waals surface area contributed by atoms with E-state index in [-0.39, 0.29) is 0 Å². The zero-order valence-corrected chi connectivity index (χ0v) is 8.89. The Balaban J connectivity index is 2.16. The van der Waals surface area contributed by atoms with Crippen molar-refractivity contribution in [3.63, 3.8) is 0 Å². The van der Waals surface area contributed by atoms with E-state index in [4.69, 9.17) is 0 Å². The zero-order valence-electron chi connectivity index (χ0n) is 8.89. The molecule has 1 aromatic rings. The standard InChI is InChI=1S/C13H18O2/c14-12(11-7-3-1-4-8-11)13(15)9-5-2-6-10-13/h1,3-4,7-8,12,14-15H,2,5-6,9-10H2/t12-/m1/s1. The van der Waals surface area contributed by atoms with Crippen molar-refractivity contribution in [3.05, 3.63) is 35.9 Å². The molecule has 0 unspecified atom stereocenters. The minimum absolute atomic E-state index is 0.711. The Morgan fingerprint density at radius 1 is 1.00 bits per heavy atom. The lowest BCUT2D eigenvalue weighted by molar-refractivity contribution is -0.0991. The van der Waals surface area contributed by atoms with Crippen molar-refractivity contribution in [3.8, 4) is 0 Å². The van der Waals surface area contributed by atoms with Gasteiger partial charge in [0.15, 0.2) is 0 Å². The van der Waals surface area contributed by atoms with Crippen LogP contribution in [0.25, 0.3) is 0 Å². The van der Waals surface area contributed by atoms with Gasteiger partial charge in [0.1, 0.15) is 6.10 Å². The fourth-order valence-corrected chi connectivity index (χ4v) is 2.38. The summed E-state index contributed by atoms with van der Waals surface area (Å²) in [5.41, 5.74) is -0.0820. The highest BCUT2D eigenvalue weighted by atomic mass is 16.3. The summed E-state index contributed by atoms with van der Waals surface area (Å²) in [5, 5.41) is 20.5. The molecule has 0 aliphatic heterocycles. The highest BCUT2D eigenvalue weighted by molar-refractivity contribution is 5.20. The molecule has 1 aliphatic rings. The van der Waals surface area contributed by atoms with Crippen LogP contribution >= 0.6 is 0 Å². The van der Waals surface area contributed by atoms with E-state index in [2.05, 4.69) is 0 Å². The van der Waals surface area contributed by atoms with Gasteiger partial charge in [-0.1, -0.05) is 49.6 Å². The van der Waals surface area contributed by atoms with Crippen molar-refractivity contribution < 1.29 is 10.2 Å². The van der Waals surface area contributed by atoms with Crippen molar-refractivity contribution in [2.75, 3.05) is 0 Å². The second-order valence-corrected chi connectivity index (χ2v) is 4.48. The molecule has 15 heavy (non-hydrogen) atoms. The van der Waals surface area contributed by atoms with Crippen LogP contribution in [0.4, 0.5) is 0 Å². The van der Waals surface area contributed by atoms with Crippen molar-refractivity contribution in [2.24, 2.45) is 0 Å². The van der Waals surface area contributed by atoms with E-state index >= 15 is 0 Å². The summed E-state index contributed by atoms with van der Waals surface area (Å²) >= 11 is 0. The van der Waals surface area contributed by atoms with E-state index in [9.17, 15) is 10.2 Å². The van der Waals surface area contributed by atoms with Gasteiger partial charge in [-0.05, 0) is 18.4 Å². The first-order chi connectivity index (χ1) is 7.22. The number of aliphatic hydroxyl groups is 2. The molecule has 0 aromatic heterocycles. The Morgan fingerprint density at radius 3 is 2.20 bits per heavy atom. The van der Waals surface area contributed by atoms with Gasteiger partial charge in [0, 0.05) is 0 Å². The van der Waals surface area contributed by atoms with Crippen LogP contribution in [0, 0.1) is 0 Å². The molecule has 2 rings (SSSR count). The van der Waals surface area contributed by atoms with Gasteiger partial charge in [0.25, 0.3) is 0 Å². The number of hydrogen-bond acceptors (Lipinski definition) is 2. The van der Waals surface area contributed by atoms with Gasteiger partial charge in [0.2, 0.25) is 0 Å². The van der Waals surface area contributed by atoms with Crippen LogP contribution in [0.15, 0.2) is 30.3 Å². The molecule has 0 spiro atoms. The molecule has 2 nitrogen and oxygen atoms in total. The Hall–Kier alpha value is -0.860. The number of benzene rings is 1. The monoisotopic (exact) mass is 206 g/mol. The molecule has 0 heterocycles. The maximum absolute atomic E-state index is 10.3. The van der Waals surface area contributed by atoms with E-state index in [1.807, 2.05) is 30.3 Å². The molecule has 1 aliphatic carbocycles. The lowest BCUT2D eigenvalue weighted by Gasteiger charge is -2.36. The number of rotatable bonds is 2. The summed E-state index contributed by atoms with van der Waals surface area (Å²) in [6.45, 7) is 0. The Bertz CT molecular complexity index is 302. The highest BCUT2D eigenvalue weighted by Crippen LogP contribution is 2.38. The summed E-state index contributed by atoms with van der Waals surface area (Å²) < 4.78 is 0. The Kier molecular flexibility index (Phi) is 3.08. The third kappa shape index (κ3) is 2.21. The third-order valence-corrected chi connectivity index (χ3v) is 3.34. The van der Waals surface area contributed by atoms with Crippen molar-refractivity contribution in [2.45, 2.75) is 43.8 Å². The molecule has 1 aromatic carbocycles. The molecule has 0 amide bonds. The first kappa shape index (κ1) is 10.7. The molecule has 1 fully saturated rings. The predicted molar refractivity (Wildman–Crippen MR) is 59.4 cm³/mol. The first-order valence-electron chi connectivity index (χ1n) is 5.68. The average Bonchev–Trinajstić information content (AvgIpc) is 2.30. The summed E-state index contributed by atoms with van der Waals surface area (Å²) in [6, 6.07) is 9.45. The third-order valence-electron chi connectivity index (χ3n) is 3.34. The Morgan fingerprint density at radius 2 is 1.60 bits per heavy atom. The molecular weight excluding hydrogens is 188 g/mol. The van der Waals surface area contributed by atoms with E-state index in [1.54, 1.807) is 0 Å². The SMILES string of the molecule is O[C@H](c1ccccc1)C1(O)CCCCC1. The van der Waals surface area contributed by atoms with Crippen LogP contribution in [0.2, 0.25) is 0 Å². The van der Waals surface area contributed by atoms with E-state index in [1.165, 1.54) is 6.42 Å². The van der Waals surface area contributed by atoms with Crippen LogP contribution in [0.3, 0.4) is 0 Å². The maximum atomic E-state index is 10.3. The van der Waals surface area contributed by atoms with Gasteiger partial charge in [-0.15, -0.1) is 0 Å². The largest absolute Gasteiger partial charge is 0.387 e. The number of aliphatic hydroxyl groups excluding tert-OH is 1. The summed E-state index contributed by atoms with van der Waals surface area (Å²) in [7, 11) is 0. The fraction of sp³-hybridized carbons (Fsp3) is 0.538. The zero-order chi connectivity index (χ0) is 10.7. The maximum Gasteiger partial charge on any atom is 0.108 e. The van der Waals surface area contributed by atoms with Crippen LogP contribution in [-0.2, 0) is 0 Å². The van der Waals surface area contributed by atoms with Crippen LogP contribution in [-0.4, -0.2) is 15.8 Å². The van der Waals surface area contributed by atoms with E-state index in [0.29, 0.717) is 12.8 Å². The quantitative estimate of drug-likeness (QED) is 0.780. The molecule has 2 N–H and O–H groups in total. The average molecular weight is 206 g/mol. The summed E-state index contributed by atoms with van der Waals surface area (Å²) in [4.78, 5) is 0.